The average Bonchev–Trinajstić information content (AvgIpc) is 2.71. The number of nitrogens with zero attached hydrogens (tertiary/aromatic N) is 2. The molecular weight excluding hydrogens is 258 g/mol. The van der Waals surface area contributed by atoms with Gasteiger partial charge in [0.1, 0.15) is 0 Å². The van der Waals surface area contributed by atoms with Crippen LogP contribution in [0, 0.1) is 12.8 Å². The SMILES string of the molecule is CCC1CCCN(c2cc(C)ncc2CNC(C)C)CC1. The van der Waals surface area contributed by atoms with Gasteiger partial charge in [-0.15, -0.1) is 0 Å². The Morgan fingerprint density at radius 3 is 2.86 bits per heavy atom. The Hall–Kier alpha value is -1.09. The maximum atomic E-state index is 4.50. The first-order valence-corrected chi connectivity index (χ1v) is 8.54. The van der Waals surface area contributed by atoms with E-state index in [1.807, 2.05) is 0 Å². The molecule has 3 heteroatoms. The number of aromatic nitrogens is 1. The van der Waals surface area contributed by atoms with Crippen LogP contribution in [-0.4, -0.2) is 24.1 Å². The summed E-state index contributed by atoms with van der Waals surface area (Å²) in [6.45, 7) is 12.1. The first-order valence-electron chi connectivity index (χ1n) is 8.54. The molecule has 1 unspecified atom stereocenters. The molecule has 0 aliphatic carbocycles. The molecule has 1 saturated heterocycles. The molecule has 1 atom stereocenters. The minimum Gasteiger partial charge on any atom is -0.371 e. The molecule has 3 nitrogen and oxygen atoms in total. The van der Waals surface area contributed by atoms with Gasteiger partial charge in [-0.3, -0.25) is 4.98 Å². The van der Waals surface area contributed by atoms with E-state index in [4.69, 9.17) is 0 Å². The molecule has 0 radical (unpaired) electrons. The number of hydrogen-bond donors (Lipinski definition) is 1. The molecule has 1 aromatic rings. The third kappa shape index (κ3) is 4.70. The van der Waals surface area contributed by atoms with Crippen LogP contribution in [0.15, 0.2) is 12.3 Å². The van der Waals surface area contributed by atoms with Crippen LogP contribution >= 0.6 is 0 Å². The number of hydrogen-bond acceptors (Lipinski definition) is 3. The fraction of sp³-hybridized carbons (Fsp3) is 0.722. The summed E-state index contributed by atoms with van der Waals surface area (Å²) in [5, 5.41) is 3.53. The lowest BCUT2D eigenvalue weighted by molar-refractivity contribution is 0.459. The summed E-state index contributed by atoms with van der Waals surface area (Å²) in [4.78, 5) is 7.09. The van der Waals surface area contributed by atoms with Crippen LogP contribution in [0.5, 0.6) is 0 Å². The van der Waals surface area contributed by atoms with E-state index in [9.17, 15) is 0 Å². The van der Waals surface area contributed by atoms with Gasteiger partial charge in [0.15, 0.2) is 0 Å². The molecule has 0 amide bonds. The highest BCUT2D eigenvalue weighted by molar-refractivity contribution is 5.53. The van der Waals surface area contributed by atoms with Crippen molar-refractivity contribution in [3.8, 4) is 0 Å². The Labute approximate surface area is 130 Å². The van der Waals surface area contributed by atoms with Crippen LogP contribution in [0.2, 0.25) is 0 Å². The lowest BCUT2D eigenvalue weighted by Gasteiger charge is -2.26. The minimum absolute atomic E-state index is 0.507. The maximum Gasteiger partial charge on any atom is 0.0445 e. The van der Waals surface area contributed by atoms with Crippen molar-refractivity contribution in [3.05, 3.63) is 23.5 Å². The molecule has 1 aromatic heterocycles. The fourth-order valence-corrected chi connectivity index (χ4v) is 3.13. The number of anilines is 1. The average molecular weight is 289 g/mol. The van der Waals surface area contributed by atoms with E-state index in [1.165, 1.54) is 50.0 Å². The standard InChI is InChI=1S/C18H31N3/c1-5-16-7-6-9-21(10-8-16)18-11-15(4)20-13-17(18)12-19-14(2)3/h11,13-14,16,19H,5-10,12H2,1-4H3. The van der Waals surface area contributed by atoms with E-state index in [2.05, 4.69) is 55.2 Å². The summed E-state index contributed by atoms with van der Waals surface area (Å²) in [6, 6.07) is 2.77. The van der Waals surface area contributed by atoms with Gasteiger partial charge < -0.3 is 10.2 Å². The van der Waals surface area contributed by atoms with Crippen molar-refractivity contribution in [2.24, 2.45) is 5.92 Å². The highest BCUT2D eigenvalue weighted by Crippen LogP contribution is 2.27. The van der Waals surface area contributed by atoms with Crippen molar-refractivity contribution in [2.75, 3.05) is 18.0 Å². The molecule has 1 fully saturated rings. The quantitative estimate of drug-likeness (QED) is 0.891. The Morgan fingerprint density at radius 1 is 1.33 bits per heavy atom. The molecule has 0 aromatic carbocycles. The molecule has 2 heterocycles. The van der Waals surface area contributed by atoms with Gasteiger partial charge in [0, 0.05) is 48.8 Å². The maximum absolute atomic E-state index is 4.50. The molecule has 21 heavy (non-hydrogen) atoms. The zero-order chi connectivity index (χ0) is 15.2. The molecule has 2 rings (SSSR count). The first kappa shape index (κ1) is 16.3. The Bertz CT molecular complexity index is 442. The van der Waals surface area contributed by atoms with E-state index in [0.29, 0.717) is 6.04 Å². The van der Waals surface area contributed by atoms with Crippen LogP contribution in [0.1, 0.15) is 57.7 Å². The van der Waals surface area contributed by atoms with Crippen LogP contribution in [0.4, 0.5) is 5.69 Å². The zero-order valence-electron chi connectivity index (χ0n) is 14.2. The lowest BCUT2D eigenvalue weighted by Crippen LogP contribution is -2.28. The molecular formula is C18H31N3. The van der Waals surface area contributed by atoms with Crippen molar-refractivity contribution in [1.29, 1.82) is 0 Å². The second-order valence-electron chi connectivity index (χ2n) is 6.68. The van der Waals surface area contributed by atoms with Gasteiger partial charge >= 0.3 is 0 Å². The zero-order valence-corrected chi connectivity index (χ0v) is 14.2. The van der Waals surface area contributed by atoms with Crippen molar-refractivity contribution in [2.45, 2.75) is 66.0 Å². The number of rotatable bonds is 5. The largest absolute Gasteiger partial charge is 0.371 e. The van der Waals surface area contributed by atoms with Gasteiger partial charge in [0.25, 0.3) is 0 Å². The van der Waals surface area contributed by atoms with E-state index >= 15 is 0 Å². The Balaban J connectivity index is 2.14. The highest BCUT2D eigenvalue weighted by Gasteiger charge is 2.18. The highest BCUT2D eigenvalue weighted by atomic mass is 15.1. The van der Waals surface area contributed by atoms with Gasteiger partial charge in [-0.25, -0.2) is 0 Å². The van der Waals surface area contributed by atoms with Crippen LogP contribution in [0.25, 0.3) is 0 Å². The van der Waals surface area contributed by atoms with Gasteiger partial charge in [0.05, 0.1) is 0 Å². The monoisotopic (exact) mass is 289 g/mol. The van der Waals surface area contributed by atoms with E-state index in [-0.39, 0.29) is 0 Å². The smallest absolute Gasteiger partial charge is 0.0445 e. The predicted octanol–water partition coefficient (Wildman–Crippen LogP) is 3.90. The second kappa shape index (κ2) is 7.79. The third-order valence-corrected chi connectivity index (χ3v) is 4.57. The van der Waals surface area contributed by atoms with Crippen LogP contribution in [-0.2, 0) is 6.54 Å². The molecule has 118 valence electrons. The first-order chi connectivity index (χ1) is 10.1. The van der Waals surface area contributed by atoms with E-state index in [1.54, 1.807) is 0 Å². The van der Waals surface area contributed by atoms with Crippen LogP contribution < -0.4 is 10.2 Å². The van der Waals surface area contributed by atoms with Crippen molar-refractivity contribution >= 4 is 5.69 Å². The molecule has 0 saturated carbocycles. The topological polar surface area (TPSA) is 28.2 Å². The van der Waals surface area contributed by atoms with Crippen molar-refractivity contribution in [3.63, 3.8) is 0 Å². The van der Waals surface area contributed by atoms with Gasteiger partial charge in [-0.05, 0) is 38.2 Å². The summed E-state index contributed by atoms with van der Waals surface area (Å²) < 4.78 is 0. The lowest BCUT2D eigenvalue weighted by atomic mass is 9.98. The Morgan fingerprint density at radius 2 is 2.14 bits per heavy atom. The molecule has 1 N–H and O–H groups in total. The summed E-state index contributed by atoms with van der Waals surface area (Å²) in [5.41, 5.74) is 3.85. The number of aryl methyl sites for hydroxylation is 1. The van der Waals surface area contributed by atoms with Crippen LogP contribution in [0.3, 0.4) is 0 Å². The summed E-state index contributed by atoms with van der Waals surface area (Å²) >= 11 is 0. The molecule has 1 aliphatic heterocycles. The summed E-state index contributed by atoms with van der Waals surface area (Å²) in [7, 11) is 0. The van der Waals surface area contributed by atoms with Crippen molar-refractivity contribution in [1.82, 2.24) is 10.3 Å². The van der Waals surface area contributed by atoms with E-state index in [0.717, 1.165) is 18.2 Å². The summed E-state index contributed by atoms with van der Waals surface area (Å²) in [6.07, 6.45) is 7.41. The van der Waals surface area contributed by atoms with Gasteiger partial charge in [0.2, 0.25) is 0 Å². The summed E-state index contributed by atoms with van der Waals surface area (Å²) in [5.74, 6) is 0.912. The molecule has 1 aliphatic rings. The predicted molar refractivity (Wildman–Crippen MR) is 90.8 cm³/mol. The fourth-order valence-electron chi connectivity index (χ4n) is 3.13. The number of pyridine rings is 1. The molecule has 0 bridgehead atoms. The van der Waals surface area contributed by atoms with E-state index < -0.39 is 0 Å². The third-order valence-electron chi connectivity index (χ3n) is 4.57. The normalized spacial score (nSPS) is 19.9. The van der Waals surface area contributed by atoms with Gasteiger partial charge in [-0.1, -0.05) is 27.2 Å². The Kier molecular flexibility index (Phi) is 6.04. The minimum atomic E-state index is 0.507. The van der Waals surface area contributed by atoms with Crippen molar-refractivity contribution < 1.29 is 0 Å². The number of nitrogens with one attached hydrogen (secondary N) is 1. The van der Waals surface area contributed by atoms with Gasteiger partial charge in [-0.2, -0.15) is 0 Å². The second-order valence-corrected chi connectivity index (χ2v) is 6.68. The molecule has 0 spiro atoms.